The van der Waals surface area contributed by atoms with Gasteiger partial charge in [0.05, 0.1) is 22.0 Å². The second kappa shape index (κ2) is 7.65. The van der Waals surface area contributed by atoms with Gasteiger partial charge in [-0.15, -0.1) is 11.3 Å². The Labute approximate surface area is 164 Å². The molecule has 0 aliphatic carbocycles. The molecule has 4 aromatic rings. The normalized spacial score (nSPS) is 10.6. The number of amides is 1. The van der Waals surface area contributed by atoms with Crippen molar-refractivity contribution in [2.75, 3.05) is 5.32 Å². The molecule has 0 spiro atoms. The molecule has 1 N–H and O–H groups in total. The zero-order valence-electron chi connectivity index (χ0n) is 14.0. The molecule has 4 rings (SSSR count). The fraction of sp³-hybridized carbons (Fsp3) is 0. The first-order valence-electron chi connectivity index (χ1n) is 8.09. The lowest BCUT2D eigenvalue weighted by Crippen LogP contribution is -2.12. The Hall–Kier alpha value is -3.09. The summed E-state index contributed by atoms with van der Waals surface area (Å²) in [5, 5.41) is 5.55. The van der Waals surface area contributed by atoms with Gasteiger partial charge in [0.2, 0.25) is 0 Å². The number of halogens is 1. The highest BCUT2D eigenvalue weighted by Crippen LogP contribution is 2.27. The smallest absolute Gasteiger partial charge is 0.258 e. The van der Waals surface area contributed by atoms with Gasteiger partial charge < -0.3 is 0 Å². The van der Waals surface area contributed by atoms with Crippen LogP contribution in [0.15, 0.2) is 72.5 Å². The summed E-state index contributed by atoms with van der Waals surface area (Å²) < 4.78 is 0. The van der Waals surface area contributed by atoms with Gasteiger partial charge in [0.25, 0.3) is 5.91 Å². The molecule has 0 aliphatic heterocycles. The summed E-state index contributed by atoms with van der Waals surface area (Å²) in [5.41, 5.74) is 3.62. The third kappa shape index (κ3) is 3.86. The van der Waals surface area contributed by atoms with Gasteiger partial charge in [0, 0.05) is 35.1 Å². The van der Waals surface area contributed by atoms with Crippen molar-refractivity contribution in [1.29, 1.82) is 0 Å². The Morgan fingerprint density at radius 1 is 1.00 bits per heavy atom. The van der Waals surface area contributed by atoms with E-state index in [1.807, 2.05) is 41.8 Å². The van der Waals surface area contributed by atoms with Crippen LogP contribution in [0.4, 0.5) is 5.13 Å². The van der Waals surface area contributed by atoms with E-state index in [-0.39, 0.29) is 5.91 Å². The van der Waals surface area contributed by atoms with Crippen LogP contribution < -0.4 is 5.32 Å². The van der Waals surface area contributed by atoms with Crippen molar-refractivity contribution in [2.24, 2.45) is 0 Å². The Kier molecular flexibility index (Phi) is 4.91. The third-order valence-electron chi connectivity index (χ3n) is 3.85. The number of benzene rings is 1. The average Bonchev–Trinajstić information content (AvgIpc) is 3.18. The Morgan fingerprint density at radius 3 is 2.70 bits per heavy atom. The number of hydrogen-bond acceptors (Lipinski definition) is 5. The molecule has 0 radical (unpaired) electrons. The molecule has 0 bridgehead atoms. The van der Waals surface area contributed by atoms with Gasteiger partial charge in [-0.2, -0.15) is 0 Å². The summed E-state index contributed by atoms with van der Waals surface area (Å²) in [5.74, 6) is -0.315. The van der Waals surface area contributed by atoms with E-state index in [1.54, 1.807) is 30.7 Å². The van der Waals surface area contributed by atoms with Crippen molar-refractivity contribution in [3.05, 3.63) is 83.1 Å². The summed E-state index contributed by atoms with van der Waals surface area (Å²) in [4.78, 5) is 25.5. The predicted molar refractivity (Wildman–Crippen MR) is 108 cm³/mol. The summed E-state index contributed by atoms with van der Waals surface area (Å²) >= 11 is 7.59. The van der Waals surface area contributed by atoms with Crippen LogP contribution in [-0.2, 0) is 0 Å². The van der Waals surface area contributed by atoms with Crippen LogP contribution in [0.2, 0.25) is 5.02 Å². The number of pyridine rings is 2. The quantitative estimate of drug-likeness (QED) is 0.520. The highest BCUT2D eigenvalue weighted by molar-refractivity contribution is 7.14. The summed E-state index contributed by atoms with van der Waals surface area (Å²) in [7, 11) is 0. The van der Waals surface area contributed by atoms with Gasteiger partial charge in [-0.05, 0) is 36.4 Å². The van der Waals surface area contributed by atoms with E-state index in [1.165, 1.54) is 11.3 Å². The van der Waals surface area contributed by atoms with Crippen molar-refractivity contribution in [1.82, 2.24) is 15.0 Å². The first-order chi connectivity index (χ1) is 13.2. The summed E-state index contributed by atoms with van der Waals surface area (Å²) in [6.07, 6.45) is 5.14. The highest BCUT2D eigenvalue weighted by atomic mass is 35.5. The van der Waals surface area contributed by atoms with E-state index in [2.05, 4.69) is 20.3 Å². The predicted octanol–water partition coefficient (Wildman–Crippen LogP) is 5.17. The summed E-state index contributed by atoms with van der Waals surface area (Å²) in [6, 6.07) is 14.6. The van der Waals surface area contributed by atoms with Gasteiger partial charge in [-0.1, -0.05) is 23.7 Å². The number of rotatable bonds is 4. The van der Waals surface area contributed by atoms with Gasteiger partial charge in [-0.3, -0.25) is 20.1 Å². The largest absolute Gasteiger partial charge is 0.298 e. The standard InChI is InChI=1S/C20H13ClN4OS/c21-16-7-6-13(17-5-1-2-9-23-17)10-15(16)19(26)25-20-24-18(12-27-20)14-4-3-8-22-11-14/h1-12H,(H,24,25,26). The second-order valence-corrected chi connectivity index (χ2v) is 6.91. The molecule has 27 heavy (non-hydrogen) atoms. The first kappa shape index (κ1) is 17.3. The minimum absolute atomic E-state index is 0.315. The number of carbonyl (C=O) groups excluding carboxylic acids is 1. The molecule has 7 heteroatoms. The van der Waals surface area contributed by atoms with Crippen molar-refractivity contribution in [3.8, 4) is 22.5 Å². The van der Waals surface area contributed by atoms with Gasteiger partial charge in [0.1, 0.15) is 0 Å². The molecule has 1 amide bonds. The number of thiazole rings is 1. The first-order valence-corrected chi connectivity index (χ1v) is 9.35. The van der Waals surface area contributed by atoms with Gasteiger partial charge in [-0.25, -0.2) is 4.98 Å². The molecule has 0 unspecified atom stereocenters. The molecule has 132 valence electrons. The number of anilines is 1. The van der Waals surface area contributed by atoms with E-state index in [0.29, 0.717) is 15.7 Å². The Morgan fingerprint density at radius 2 is 1.93 bits per heavy atom. The van der Waals surface area contributed by atoms with Crippen LogP contribution in [0.3, 0.4) is 0 Å². The number of nitrogens with zero attached hydrogens (tertiary/aromatic N) is 3. The van der Waals surface area contributed by atoms with Crippen molar-refractivity contribution >= 4 is 34.0 Å². The minimum Gasteiger partial charge on any atom is -0.298 e. The molecule has 0 fully saturated rings. The molecule has 5 nitrogen and oxygen atoms in total. The lowest BCUT2D eigenvalue weighted by Gasteiger charge is -2.07. The average molecular weight is 393 g/mol. The van der Waals surface area contributed by atoms with Gasteiger partial charge in [0.15, 0.2) is 5.13 Å². The topological polar surface area (TPSA) is 67.8 Å². The van der Waals surface area contributed by atoms with Gasteiger partial charge >= 0.3 is 0 Å². The lowest BCUT2D eigenvalue weighted by molar-refractivity contribution is 0.102. The number of carbonyl (C=O) groups is 1. The number of hydrogen-bond donors (Lipinski definition) is 1. The molecular formula is C20H13ClN4OS. The fourth-order valence-corrected chi connectivity index (χ4v) is 3.45. The van der Waals surface area contributed by atoms with E-state index >= 15 is 0 Å². The van der Waals surface area contributed by atoms with Crippen LogP contribution in [-0.4, -0.2) is 20.9 Å². The maximum atomic E-state index is 12.7. The Balaban J connectivity index is 1.58. The molecule has 1 aromatic carbocycles. The van der Waals surface area contributed by atoms with E-state index in [4.69, 9.17) is 11.6 Å². The van der Waals surface area contributed by atoms with Crippen LogP contribution in [0.5, 0.6) is 0 Å². The Bertz CT molecular complexity index is 1080. The highest BCUT2D eigenvalue weighted by Gasteiger charge is 2.15. The number of nitrogens with one attached hydrogen (secondary N) is 1. The zero-order valence-corrected chi connectivity index (χ0v) is 15.5. The third-order valence-corrected chi connectivity index (χ3v) is 4.94. The van der Waals surface area contributed by atoms with Crippen molar-refractivity contribution < 1.29 is 4.79 Å². The monoisotopic (exact) mass is 392 g/mol. The van der Waals surface area contributed by atoms with Crippen LogP contribution in [0.25, 0.3) is 22.5 Å². The van der Waals surface area contributed by atoms with E-state index < -0.39 is 0 Å². The maximum Gasteiger partial charge on any atom is 0.258 e. The SMILES string of the molecule is O=C(Nc1nc(-c2cccnc2)cs1)c1cc(-c2ccccn2)ccc1Cl. The number of aromatic nitrogens is 3. The van der Waals surface area contributed by atoms with E-state index in [9.17, 15) is 4.79 Å². The zero-order chi connectivity index (χ0) is 18.6. The molecule has 0 aliphatic rings. The van der Waals surface area contributed by atoms with Crippen molar-refractivity contribution in [2.45, 2.75) is 0 Å². The minimum atomic E-state index is -0.315. The van der Waals surface area contributed by atoms with Crippen LogP contribution in [0, 0.1) is 0 Å². The van der Waals surface area contributed by atoms with Crippen LogP contribution in [0.1, 0.15) is 10.4 Å². The van der Waals surface area contributed by atoms with Crippen molar-refractivity contribution in [3.63, 3.8) is 0 Å². The molecule has 3 heterocycles. The second-order valence-electron chi connectivity index (χ2n) is 5.64. The molecule has 0 saturated heterocycles. The lowest BCUT2D eigenvalue weighted by atomic mass is 10.1. The molecule has 0 atom stereocenters. The van der Waals surface area contributed by atoms with E-state index in [0.717, 1.165) is 22.5 Å². The molecule has 0 saturated carbocycles. The van der Waals surface area contributed by atoms with Crippen LogP contribution >= 0.6 is 22.9 Å². The molecule has 3 aromatic heterocycles. The maximum absolute atomic E-state index is 12.7. The molecular weight excluding hydrogens is 380 g/mol. The summed E-state index contributed by atoms with van der Waals surface area (Å²) in [6.45, 7) is 0. The fourth-order valence-electron chi connectivity index (χ4n) is 2.53.